The van der Waals surface area contributed by atoms with Crippen LogP contribution in [0.15, 0.2) is 24.4 Å². The fourth-order valence-corrected chi connectivity index (χ4v) is 4.75. The predicted octanol–water partition coefficient (Wildman–Crippen LogP) is 1.99. The third kappa shape index (κ3) is 3.11. The molecule has 2 amide bonds. The van der Waals surface area contributed by atoms with Crippen LogP contribution in [-0.2, 0) is 20.9 Å². The summed E-state index contributed by atoms with van der Waals surface area (Å²) in [5.74, 6) is 0.295. The average Bonchev–Trinajstić information content (AvgIpc) is 3.11. The number of amides is 2. The molecule has 26 heavy (non-hydrogen) atoms. The largest absolute Gasteiger partial charge is 0.381 e. The third-order valence-electron chi connectivity index (χ3n) is 6.11. The maximum absolute atomic E-state index is 13.4. The van der Waals surface area contributed by atoms with Crippen LogP contribution in [-0.4, -0.2) is 58.4 Å². The Hall–Kier alpha value is -1.95. The highest BCUT2D eigenvalue weighted by molar-refractivity contribution is 5.93. The second-order valence-corrected chi connectivity index (χ2v) is 7.66. The van der Waals surface area contributed by atoms with Crippen molar-refractivity contribution in [1.82, 2.24) is 14.8 Å². The summed E-state index contributed by atoms with van der Waals surface area (Å²) in [7, 11) is 0. The van der Waals surface area contributed by atoms with E-state index in [0.29, 0.717) is 26.3 Å². The molecule has 0 radical (unpaired) electrons. The predicted molar refractivity (Wildman–Crippen MR) is 96.1 cm³/mol. The van der Waals surface area contributed by atoms with Gasteiger partial charge in [-0.2, -0.15) is 0 Å². The molecule has 1 unspecified atom stereocenters. The smallest absolute Gasteiger partial charge is 0.248 e. The first-order valence-corrected chi connectivity index (χ1v) is 9.79. The second-order valence-electron chi connectivity index (χ2n) is 7.66. The molecule has 3 saturated heterocycles. The van der Waals surface area contributed by atoms with Crippen molar-refractivity contribution in [3.63, 3.8) is 0 Å². The van der Waals surface area contributed by atoms with Crippen molar-refractivity contribution in [1.29, 1.82) is 0 Å². The molecule has 6 heteroatoms. The minimum absolute atomic E-state index is 0.0118. The van der Waals surface area contributed by atoms with Crippen LogP contribution in [0.2, 0.25) is 0 Å². The van der Waals surface area contributed by atoms with Crippen molar-refractivity contribution < 1.29 is 14.3 Å². The molecule has 3 fully saturated rings. The van der Waals surface area contributed by atoms with Gasteiger partial charge >= 0.3 is 0 Å². The average molecular weight is 357 g/mol. The molecule has 1 atom stereocenters. The molecule has 140 valence electrons. The summed E-state index contributed by atoms with van der Waals surface area (Å²) in [4.78, 5) is 34.8. The zero-order valence-corrected chi connectivity index (χ0v) is 15.2. The standard InChI is InChI=1S/C20H27N3O3/c24-18(16-6-13-26-14-7-16)23-12-4-9-20(23)8-3-11-22(19(20)25)15-17-5-1-2-10-21-17/h1-2,5,10,16H,3-4,6-9,11-15H2. The zero-order valence-electron chi connectivity index (χ0n) is 15.2. The van der Waals surface area contributed by atoms with Crippen LogP contribution >= 0.6 is 0 Å². The van der Waals surface area contributed by atoms with Gasteiger partial charge in [-0.25, -0.2) is 0 Å². The van der Waals surface area contributed by atoms with Gasteiger partial charge < -0.3 is 14.5 Å². The van der Waals surface area contributed by atoms with Gasteiger partial charge in [0.15, 0.2) is 0 Å². The van der Waals surface area contributed by atoms with Crippen LogP contribution in [0.5, 0.6) is 0 Å². The van der Waals surface area contributed by atoms with E-state index < -0.39 is 5.54 Å². The number of piperidine rings is 1. The van der Waals surface area contributed by atoms with Crippen LogP contribution in [0.25, 0.3) is 0 Å². The molecule has 1 spiro atoms. The number of pyridine rings is 1. The number of ether oxygens (including phenoxy) is 1. The number of carbonyl (C=O) groups excluding carboxylic acids is 2. The van der Waals surface area contributed by atoms with Gasteiger partial charge in [-0.1, -0.05) is 6.07 Å². The van der Waals surface area contributed by atoms with Crippen LogP contribution in [0.3, 0.4) is 0 Å². The highest BCUT2D eigenvalue weighted by Crippen LogP contribution is 2.40. The van der Waals surface area contributed by atoms with Crippen LogP contribution in [0.4, 0.5) is 0 Å². The first-order chi connectivity index (χ1) is 12.7. The minimum Gasteiger partial charge on any atom is -0.381 e. The Labute approximate surface area is 154 Å². The Balaban J connectivity index is 1.53. The summed E-state index contributed by atoms with van der Waals surface area (Å²) in [6.45, 7) is 3.28. The Kier molecular flexibility index (Phi) is 4.94. The summed E-state index contributed by atoms with van der Waals surface area (Å²) in [6, 6.07) is 5.78. The first-order valence-electron chi connectivity index (χ1n) is 9.79. The van der Waals surface area contributed by atoms with E-state index in [1.807, 2.05) is 28.0 Å². The van der Waals surface area contributed by atoms with Crippen molar-refractivity contribution in [2.75, 3.05) is 26.3 Å². The molecule has 6 nitrogen and oxygen atoms in total. The molecular formula is C20H27N3O3. The van der Waals surface area contributed by atoms with E-state index in [-0.39, 0.29) is 17.7 Å². The van der Waals surface area contributed by atoms with E-state index in [1.165, 1.54) is 0 Å². The molecule has 0 aliphatic carbocycles. The second kappa shape index (κ2) is 7.35. The number of hydrogen-bond acceptors (Lipinski definition) is 4. The summed E-state index contributed by atoms with van der Waals surface area (Å²) < 4.78 is 5.40. The van der Waals surface area contributed by atoms with Crippen molar-refractivity contribution in [3.05, 3.63) is 30.1 Å². The highest BCUT2D eigenvalue weighted by Gasteiger charge is 2.53. The fraction of sp³-hybridized carbons (Fsp3) is 0.650. The molecule has 1 aromatic heterocycles. The van der Waals surface area contributed by atoms with Crippen molar-refractivity contribution in [3.8, 4) is 0 Å². The van der Waals surface area contributed by atoms with Gasteiger partial charge in [-0.15, -0.1) is 0 Å². The van der Waals surface area contributed by atoms with E-state index >= 15 is 0 Å². The highest BCUT2D eigenvalue weighted by atomic mass is 16.5. The van der Waals surface area contributed by atoms with E-state index in [2.05, 4.69) is 4.98 Å². The van der Waals surface area contributed by atoms with Crippen LogP contribution in [0, 0.1) is 5.92 Å². The molecule has 0 aromatic carbocycles. The lowest BCUT2D eigenvalue weighted by molar-refractivity contribution is -0.159. The molecular weight excluding hydrogens is 330 g/mol. The maximum Gasteiger partial charge on any atom is 0.248 e. The number of hydrogen-bond donors (Lipinski definition) is 0. The Bertz CT molecular complexity index is 660. The van der Waals surface area contributed by atoms with Gasteiger partial charge in [-0.3, -0.25) is 14.6 Å². The van der Waals surface area contributed by atoms with Crippen molar-refractivity contribution >= 4 is 11.8 Å². The van der Waals surface area contributed by atoms with E-state index in [9.17, 15) is 9.59 Å². The Morgan fingerprint density at radius 3 is 2.69 bits per heavy atom. The lowest BCUT2D eigenvalue weighted by atomic mass is 9.84. The van der Waals surface area contributed by atoms with Gasteiger partial charge in [0.25, 0.3) is 0 Å². The fourth-order valence-electron chi connectivity index (χ4n) is 4.75. The minimum atomic E-state index is -0.623. The molecule has 4 heterocycles. The maximum atomic E-state index is 13.4. The van der Waals surface area contributed by atoms with E-state index in [4.69, 9.17) is 4.74 Å². The van der Waals surface area contributed by atoms with Crippen LogP contribution < -0.4 is 0 Å². The number of rotatable bonds is 3. The van der Waals surface area contributed by atoms with Crippen molar-refractivity contribution in [2.24, 2.45) is 5.92 Å². The third-order valence-corrected chi connectivity index (χ3v) is 6.11. The van der Waals surface area contributed by atoms with Gasteiger partial charge in [0.1, 0.15) is 5.54 Å². The Morgan fingerprint density at radius 2 is 1.96 bits per heavy atom. The normalized spacial score (nSPS) is 27.3. The molecule has 1 aromatic rings. The topological polar surface area (TPSA) is 62.7 Å². The number of likely N-dealkylation sites (tertiary alicyclic amines) is 2. The summed E-state index contributed by atoms with van der Waals surface area (Å²) >= 11 is 0. The molecule has 0 N–H and O–H groups in total. The number of carbonyl (C=O) groups is 2. The monoisotopic (exact) mass is 357 g/mol. The van der Waals surface area contributed by atoms with Gasteiger partial charge in [0.2, 0.25) is 11.8 Å². The zero-order chi connectivity index (χ0) is 18.0. The van der Waals surface area contributed by atoms with E-state index in [0.717, 1.165) is 50.8 Å². The van der Waals surface area contributed by atoms with Crippen molar-refractivity contribution in [2.45, 2.75) is 50.6 Å². The molecule has 3 aliphatic rings. The molecule has 3 aliphatic heterocycles. The van der Waals surface area contributed by atoms with Gasteiger partial charge in [0.05, 0.1) is 12.2 Å². The summed E-state index contributed by atoms with van der Waals surface area (Å²) in [5, 5.41) is 0. The lowest BCUT2D eigenvalue weighted by Crippen LogP contribution is -2.62. The van der Waals surface area contributed by atoms with Gasteiger partial charge in [-0.05, 0) is 50.7 Å². The van der Waals surface area contributed by atoms with E-state index in [1.54, 1.807) is 6.20 Å². The summed E-state index contributed by atoms with van der Waals surface area (Å²) in [6.07, 6.45) is 6.75. The molecule has 0 bridgehead atoms. The molecule has 0 saturated carbocycles. The number of aromatic nitrogens is 1. The summed E-state index contributed by atoms with van der Waals surface area (Å²) in [5.41, 5.74) is 0.279. The van der Waals surface area contributed by atoms with Gasteiger partial charge in [0, 0.05) is 38.4 Å². The van der Waals surface area contributed by atoms with Crippen LogP contribution in [0.1, 0.15) is 44.2 Å². The lowest BCUT2D eigenvalue weighted by Gasteiger charge is -2.45. The quantitative estimate of drug-likeness (QED) is 0.830. The number of nitrogens with zero attached hydrogens (tertiary/aromatic N) is 3. The first kappa shape index (κ1) is 17.5. The molecule has 4 rings (SSSR count). The SMILES string of the molecule is O=C(C1CCOCC1)N1CCCC12CCCN(Cc1ccccn1)C2=O. The Morgan fingerprint density at radius 1 is 1.19 bits per heavy atom.